The molecule has 146 valence electrons. The van der Waals surface area contributed by atoms with Gasteiger partial charge in [-0.3, -0.25) is 4.79 Å². The highest BCUT2D eigenvalue weighted by Crippen LogP contribution is 2.33. The van der Waals surface area contributed by atoms with Crippen LogP contribution in [-0.4, -0.2) is 42.2 Å². The van der Waals surface area contributed by atoms with Gasteiger partial charge >= 0.3 is 0 Å². The standard InChI is InChI=1S/C19H23N7O2/c1-19(28)4-2-12(3-5-19)25-16-14(18(21)27)8-24-26-9-11(6-15(16)26)13-7-22-10-23-17(13)20/h6-10,12,25,28H,2-5H2,1H3,(H2,21,27)(H2,20,22,23)/t12-,19-. The molecular formula is C19H23N7O2. The number of nitrogens with two attached hydrogens (primary N) is 2. The zero-order chi connectivity index (χ0) is 19.9. The molecular weight excluding hydrogens is 358 g/mol. The number of primary amides is 1. The highest BCUT2D eigenvalue weighted by atomic mass is 16.3. The largest absolute Gasteiger partial charge is 0.390 e. The first kappa shape index (κ1) is 18.2. The van der Waals surface area contributed by atoms with E-state index in [0.29, 0.717) is 41.0 Å². The van der Waals surface area contributed by atoms with Gasteiger partial charge in [0.05, 0.1) is 28.6 Å². The molecule has 9 nitrogen and oxygen atoms in total. The van der Waals surface area contributed by atoms with E-state index in [9.17, 15) is 9.90 Å². The van der Waals surface area contributed by atoms with E-state index < -0.39 is 11.5 Å². The van der Waals surface area contributed by atoms with Gasteiger partial charge in [0.2, 0.25) is 0 Å². The van der Waals surface area contributed by atoms with Gasteiger partial charge in [0.25, 0.3) is 5.91 Å². The van der Waals surface area contributed by atoms with E-state index in [2.05, 4.69) is 20.4 Å². The molecule has 3 aromatic rings. The summed E-state index contributed by atoms with van der Waals surface area (Å²) in [7, 11) is 0. The summed E-state index contributed by atoms with van der Waals surface area (Å²) >= 11 is 0. The average molecular weight is 381 g/mol. The minimum absolute atomic E-state index is 0.132. The molecule has 9 heteroatoms. The minimum Gasteiger partial charge on any atom is -0.390 e. The monoisotopic (exact) mass is 381 g/mol. The summed E-state index contributed by atoms with van der Waals surface area (Å²) in [5.41, 5.74) is 14.1. The summed E-state index contributed by atoms with van der Waals surface area (Å²) < 4.78 is 1.68. The van der Waals surface area contributed by atoms with Gasteiger partial charge in [-0.2, -0.15) is 5.10 Å². The number of hydrogen-bond donors (Lipinski definition) is 4. The normalized spacial score (nSPS) is 22.3. The number of nitrogens with zero attached hydrogens (tertiary/aromatic N) is 4. The molecule has 0 saturated heterocycles. The van der Waals surface area contributed by atoms with Crippen molar-refractivity contribution in [2.45, 2.75) is 44.2 Å². The molecule has 0 aliphatic heterocycles. The molecule has 3 aromatic heterocycles. The fraction of sp³-hybridized carbons (Fsp3) is 0.368. The highest BCUT2D eigenvalue weighted by Gasteiger charge is 2.29. The number of rotatable bonds is 4. The van der Waals surface area contributed by atoms with Crippen molar-refractivity contribution in [3.05, 3.63) is 36.5 Å². The number of fused-ring (bicyclic) bond motifs is 1. The summed E-state index contributed by atoms with van der Waals surface area (Å²) in [4.78, 5) is 20.1. The van der Waals surface area contributed by atoms with E-state index in [0.717, 1.165) is 18.4 Å². The summed E-state index contributed by atoms with van der Waals surface area (Å²) in [6.07, 6.45) is 9.30. The lowest BCUT2D eigenvalue weighted by molar-refractivity contribution is 0.0196. The van der Waals surface area contributed by atoms with Gasteiger partial charge in [0.15, 0.2) is 0 Å². The second kappa shape index (κ2) is 6.75. The molecule has 1 fully saturated rings. The zero-order valence-electron chi connectivity index (χ0n) is 15.6. The van der Waals surface area contributed by atoms with E-state index in [1.165, 1.54) is 12.5 Å². The Labute approximate surface area is 161 Å². The SMILES string of the molecule is C[C@]1(O)CC[C@H](Nc2c(C(N)=O)cnn3cc(-c4cncnc4N)cc23)CC1. The highest BCUT2D eigenvalue weighted by molar-refractivity contribution is 6.02. The molecule has 0 aromatic carbocycles. The van der Waals surface area contributed by atoms with Crippen LogP contribution in [0.25, 0.3) is 16.6 Å². The first-order valence-corrected chi connectivity index (χ1v) is 9.20. The van der Waals surface area contributed by atoms with Crippen molar-refractivity contribution >= 4 is 22.9 Å². The van der Waals surface area contributed by atoms with Crippen molar-refractivity contribution in [2.75, 3.05) is 11.1 Å². The second-order valence-electron chi connectivity index (χ2n) is 7.59. The predicted octanol–water partition coefficient (Wildman–Crippen LogP) is 1.58. The molecule has 0 spiro atoms. The number of anilines is 2. The van der Waals surface area contributed by atoms with Crippen LogP contribution in [0.15, 0.2) is 31.0 Å². The van der Waals surface area contributed by atoms with Gasteiger partial charge in [-0.25, -0.2) is 14.5 Å². The fourth-order valence-corrected chi connectivity index (χ4v) is 3.69. The molecule has 28 heavy (non-hydrogen) atoms. The molecule has 0 unspecified atom stereocenters. The molecule has 3 heterocycles. The number of aromatic nitrogens is 4. The topological polar surface area (TPSA) is 144 Å². The van der Waals surface area contributed by atoms with Gasteiger partial charge in [-0.05, 0) is 38.7 Å². The van der Waals surface area contributed by atoms with Crippen LogP contribution in [0.1, 0.15) is 43.0 Å². The van der Waals surface area contributed by atoms with E-state index in [1.54, 1.807) is 10.7 Å². The van der Waals surface area contributed by atoms with Crippen LogP contribution in [0.5, 0.6) is 0 Å². The van der Waals surface area contributed by atoms with E-state index in [1.807, 2.05) is 19.2 Å². The van der Waals surface area contributed by atoms with Crippen molar-refractivity contribution in [1.29, 1.82) is 0 Å². The van der Waals surface area contributed by atoms with Crippen molar-refractivity contribution in [3.8, 4) is 11.1 Å². The summed E-state index contributed by atoms with van der Waals surface area (Å²) in [5.74, 6) is -0.185. The molecule has 0 atom stereocenters. The number of aliphatic hydroxyl groups is 1. The number of amides is 1. The van der Waals surface area contributed by atoms with Gasteiger partial charge in [-0.15, -0.1) is 0 Å². The number of carbonyl (C=O) groups is 1. The molecule has 1 saturated carbocycles. The smallest absolute Gasteiger partial charge is 0.252 e. The van der Waals surface area contributed by atoms with Crippen LogP contribution in [0.3, 0.4) is 0 Å². The number of hydrogen-bond acceptors (Lipinski definition) is 7. The Bertz CT molecular complexity index is 1030. The maximum absolute atomic E-state index is 12.0. The Kier molecular flexibility index (Phi) is 4.38. The van der Waals surface area contributed by atoms with E-state index in [4.69, 9.17) is 11.5 Å². The maximum Gasteiger partial charge on any atom is 0.252 e. The lowest BCUT2D eigenvalue weighted by atomic mass is 9.83. The number of nitrogens with one attached hydrogen (secondary N) is 1. The van der Waals surface area contributed by atoms with Crippen LogP contribution < -0.4 is 16.8 Å². The Hall–Kier alpha value is -3.20. The second-order valence-corrected chi connectivity index (χ2v) is 7.59. The van der Waals surface area contributed by atoms with Crippen molar-refractivity contribution in [2.24, 2.45) is 5.73 Å². The van der Waals surface area contributed by atoms with Crippen LogP contribution in [-0.2, 0) is 0 Å². The minimum atomic E-state index is -0.634. The van der Waals surface area contributed by atoms with Crippen LogP contribution >= 0.6 is 0 Å². The first-order chi connectivity index (χ1) is 13.3. The molecule has 1 amide bonds. The molecule has 0 bridgehead atoms. The average Bonchev–Trinajstić information content (AvgIpc) is 3.08. The number of nitrogen functional groups attached to an aromatic ring is 1. The van der Waals surface area contributed by atoms with Crippen LogP contribution in [0.4, 0.5) is 11.5 Å². The number of carbonyl (C=O) groups excluding carboxylic acids is 1. The van der Waals surface area contributed by atoms with E-state index >= 15 is 0 Å². The summed E-state index contributed by atoms with van der Waals surface area (Å²) in [6.45, 7) is 1.86. The Morgan fingerprint density at radius 2 is 2.11 bits per heavy atom. The van der Waals surface area contributed by atoms with Gasteiger partial charge in [0.1, 0.15) is 12.1 Å². The van der Waals surface area contributed by atoms with Gasteiger partial charge < -0.3 is 21.9 Å². The van der Waals surface area contributed by atoms with Crippen molar-refractivity contribution in [1.82, 2.24) is 19.6 Å². The fourth-order valence-electron chi connectivity index (χ4n) is 3.69. The lowest BCUT2D eigenvalue weighted by Crippen LogP contribution is -2.36. The van der Waals surface area contributed by atoms with Gasteiger partial charge in [0, 0.05) is 29.6 Å². The third-order valence-electron chi connectivity index (χ3n) is 5.37. The lowest BCUT2D eigenvalue weighted by Gasteiger charge is -2.34. The first-order valence-electron chi connectivity index (χ1n) is 9.20. The van der Waals surface area contributed by atoms with Crippen LogP contribution in [0.2, 0.25) is 0 Å². The zero-order valence-corrected chi connectivity index (χ0v) is 15.6. The van der Waals surface area contributed by atoms with E-state index in [-0.39, 0.29) is 6.04 Å². The maximum atomic E-state index is 12.0. The predicted molar refractivity (Wildman–Crippen MR) is 106 cm³/mol. The summed E-state index contributed by atoms with van der Waals surface area (Å²) in [6, 6.07) is 2.02. The van der Waals surface area contributed by atoms with Crippen LogP contribution in [0, 0.1) is 0 Å². The Morgan fingerprint density at radius 1 is 1.36 bits per heavy atom. The molecule has 1 aliphatic rings. The third kappa shape index (κ3) is 3.36. The molecule has 0 radical (unpaired) electrons. The molecule has 1 aliphatic carbocycles. The summed E-state index contributed by atoms with van der Waals surface area (Å²) in [5, 5.41) is 18.0. The Morgan fingerprint density at radius 3 is 2.79 bits per heavy atom. The molecule has 6 N–H and O–H groups in total. The van der Waals surface area contributed by atoms with Gasteiger partial charge in [-0.1, -0.05) is 0 Å². The third-order valence-corrected chi connectivity index (χ3v) is 5.37. The quantitative estimate of drug-likeness (QED) is 0.537. The Balaban J connectivity index is 1.76. The van der Waals surface area contributed by atoms with Crippen molar-refractivity contribution in [3.63, 3.8) is 0 Å². The molecule has 4 rings (SSSR count). The van der Waals surface area contributed by atoms with Crippen molar-refractivity contribution < 1.29 is 9.90 Å².